The van der Waals surface area contributed by atoms with Gasteiger partial charge in [0.25, 0.3) is 0 Å². The standard InChI is InChI=1S/C20H12N4.CBrF3/c1-2-14-10-16-5-6-18(23-16)12-20-8-7-19(24-20)11-17-4-3-15(22-17)9-13(1)21-14;2-1(3,4)5/h1-12H;/i1D;. The lowest BCUT2D eigenvalue weighted by atomic mass is 10.2. The zero-order valence-corrected chi connectivity index (χ0v) is 16.2. The average molecular weight is 458 g/mol. The van der Waals surface area contributed by atoms with Gasteiger partial charge < -0.3 is 0 Å². The summed E-state index contributed by atoms with van der Waals surface area (Å²) in [5.41, 5.74) is 6.33. The topological polar surface area (TPSA) is 49.4 Å². The molecule has 0 unspecified atom stereocenters. The van der Waals surface area contributed by atoms with E-state index in [9.17, 15) is 13.2 Å². The first-order valence-corrected chi connectivity index (χ1v) is 9.21. The van der Waals surface area contributed by atoms with Gasteiger partial charge in [0.15, 0.2) is 0 Å². The van der Waals surface area contributed by atoms with E-state index in [-0.39, 0.29) is 0 Å². The minimum atomic E-state index is -4.19. The molecule has 0 saturated carbocycles. The van der Waals surface area contributed by atoms with Gasteiger partial charge in [0.2, 0.25) is 0 Å². The van der Waals surface area contributed by atoms with Crippen LogP contribution in [0.15, 0.2) is 116 Å². The highest BCUT2D eigenvalue weighted by atomic mass is 79.9. The minimum absolute atomic E-state index is 0.379. The van der Waals surface area contributed by atoms with Gasteiger partial charge in [-0.05, 0) is 72.9 Å². The van der Waals surface area contributed by atoms with Gasteiger partial charge in [-0.3, -0.25) is 0 Å². The third kappa shape index (κ3) is 5.45. The van der Waals surface area contributed by atoms with Gasteiger partial charge in [0, 0.05) is 15.9 Å². The molecule has 5 aliphatic heterocycles. The van der Waals surface area contributed by atoms with Crippen LogP contribution in [0, 0.1) is 0 Å². The molecule has 0 aromatic rings. The Morgan fingerprint density at radius 2 is 0.897 bits per heavy atom. The summed E-state index contributed by atoms with van der Waals surface area (Å²) in [7, 11) is 0. The summed E-state index contributed by atoms with van der Waals surface area (Å²) in [5.74, 6) is 0. The van der Waals surface area contributed by atoms with Crippen LogP contribution in [0.2, 0.25) is 0 Å². The predicted molar refractivity (Wildman–Crippen MR) is 114 cm³/mol. The number of alkyl halides is 4. The maximum absolute atomic E-state index is 10.3. The lowest BCUT2D eigenvalue weighted by Crippen LogP contribution is -1.89. The number of hydrogen-bond donors (Lipinski definition) is 0. The Balaban J connectivity index is 0.000000393. The molecule has 0 amide bonds. The number of nitrogens with zero attached hydrogens (tertiary/aromatic N) is 4. The fraction of sp³-hybridized carbons (Fsp3) is 0.0476. The van der Waals surface area contributed by atoms with Crippen LogP contribution in [0.1, 0.15) is 1.37 Å². The molecule has 0 aromatic heterocycles. The molecule has 8 heteroatoms. The number of halogens is 4. The van der Waals surface area contributed by atoms with Crippen molar-refractivity contribution in [1.82, 2.24) is 0 Å². The maximum Gasteiger partial charge on any atom is 0.448 e. The van der Waals surface area contributed by atoms with Gasteiger partial charge in [-0.15, -0.1) is 0 Å². The molecule has 4 nitrogen and oxygen atoms in total. The van der Waals surface area contributed by atoms with Crippen molar-refractivity contribution in [3.63, 3.8) is 0 Å². The minimum Gasteiger partial charge on any atom is -0.249 e. The van der Waals surface area contributed by atoms with Crippen molar-refractivity contribution in [2.75, 3.05) is 0 Å². The van der Waals surface area contributed by atoms with E-state index >= 15 is 0 Å². The molecule has 0 atom stereocenters. The van der Waals surface area contributed by atoms with Gasteiger partial charge in [-0.2, -0.15) is 13.2 Å². The summed E-state index contributed by atoms with van der Waals surface area (Å²) >= 11 is 1.38. The van der Waals surface area contributed by atoms with Gasteiger partial charge in [0.05, 0.1) is 47.0 Å². The molecule has 5 rings (SSSR count). The van der Waals surface area contributed by atoms with E-state index in [1.165, 1.54) is 15.9 Å². The van der Waals surface area contributed by atoms with Crippen LogP contribution in [0.5, 0.6) is 0 Å². The Bertz CT molecular complexity index is 1180. The van der Waals surface area contributed by atoms with Crippen LogP contribution in [0.4, 0.5) is 13.2 Å². The highest BCUT2D eigenvalue weighted by Gasteiger charge is 2.19. The molecule has 5 heterocycles. The van der Waals surface area contributed by atoms with Crippen molar-refractivity contribution in [2.45, 2.75) is 5.09 Å². The SMILES string of the molecule is FC(F)(F)Br.[2H]C1=CC2=NC1=CC1=NC(=CC3=NC(=CC4=NC(=C2)C=C4)C=C3)C=C1. The van der Waals surface area contributed by atoms with E-state index in [1.807, 2.05) is 60.8 Å². The van der Waals surface area contributed by atoms with Crippen molar-refractivity contribution in [3.05, 3.63) is 95.7 Å². The zero-order valence-electron chi connectivity index (χ0n) is 15.7. The fourth-order valence-corrected chi connectivity index (χ4v) is 2.76. The molecule has 0 spiro atoms. The Hall–Kier alpha value is -3.13. The van der Waals surface area contributed by atoms with Crippen molar-refractivity contribution in [2.24, 2.45) is 20.0 Å². The third-order valence-corrected chi connectivity index (χ3v) is 3.84. The monoisotopic (exact) mass is 457 g/mol. The summed E-state index contributed by atoms with van der Waals surface area (Å²) in [6, 6.07) is 0.379. The van der Waals surface area contributed by atoms with Crippen LogP contribution in [0.25, 0.3) is 0 Å². The Kier molecular flexibility index (Phi) is 4.77. The number of aliphatic imine (C=N–C) groups is 4. The Morgan fingerprint density at radius 1 is 0.586 bits per heavy atom. The third-order valence-electron chi connectivity index (χ3n) is 3.84. The van der Waals surface area contributed by atoms with Crippen LogP contribution < -0.4 is 0 Å². The van der Waals surface area contributed by atoms with E-state index in [4.69, 9.17) is 1.37 Å². The smallest absolute Gasteiger partial charge is 0.249 e. The molecular weight excluding hydrogens is 445 g/mol. The highest BCUT2D eigenvalue weighted by Crippen LogP contribution is 2.22. The summed E-state index contributed by atoms with van der Waals surface area (Å²) in [4.78, 5) is 18.2. The summed E-state index contributed by atoms with van der Waals surface area (Å²) in [6.07, 6.45) is 21.0. The van der Waals surface area contributed by atoms with Gasteiger partial charge in [-0.25, -0.2) is 20.0 Å². The largest absolute Gasteiger partial charge is 0.448 e. The molecule has 29 heavy (non-hydrogen) atoms. The molecule has 0 N–H and O–H groups in total. The molecule has 0 aliphatic carbocycles. The van der Waals surface area contributed by atoms with Gasteiger partial charge >= 0.3 is 5.09 Å². The quantitative estimate of drug-likeness (QED) is 0.432. The second kappa shape index (κ2) is 7.71. The summed E-state index contributed by atoms with van der Waals surface area (Å²) in [5, 5.41) is -4.19. The van der Waals surface area contributed by atoms with Gasteiger partial charge in [-0.1, -0.05) is 0 Å². The number of fused-ring (bicyclic) bond motifs is 4. The van der Waals surface area contributed by atoms with Crippen LogP contribution in [0.3, 0.4) is 0 Å². The first-order valence-electron chi connectivity index (χ1n) is 8.91. The van der Waals surface area contributed by atoms with Crippen LogP contribution in [-0.4, -0.2) is 27.9 Å². The lowest BCUT2D eigenvalue weighted by molar-refractivity contribution is -0.0245. The molecule has 0 radical (unpaired) electrons. The van der Waals surface area contributed by atoms with Gasteiger partial charge in [0.1, 0.15) is 0 Å². The normalized spacial score (nSPS) is 21.7. The van der Waals surface area contributed by atoms with Crippen molar-refractivity contribution >= 4 is 38.8 Å². The van der Waals surface area contributed by atoms with E-state index in [0.717, 1.165) is 39.9 Å². The molecule has 0 fully saturated rings. The van der Waals surface area contributed by atoms with E-state index in [1.54, 1.807) is 6.08 Å². The Labute approximate surface area is 174 Å². The number of rotatable bonds is 0. The maximum atomic E-state index is 10.3. The van der Waals surface area contributed by atoms with Crippen molar-refractivity contribution < 1.29 is 14.5 Å². The lowest BCUT2D eigenvalue weighted by Gasteiger charge is -1.94. The summed E-state index contributed by atoms with van der Waals surface area (Å²) in [6.45, 7) is 0. The average Bonchev–Trinajstić information content (AvgIpc) is 3.39. The van der Waals surface area contributed by atoms with E-state index in [2.05, 4.69) is 20.0 Å². The van der Waals surface area contributed by atoms with Crippen molar-refractivity contribution in [1.29, 1.82) is 0 Å². The molecule has 144 valence electrons. The predicted octanol–water partition coefficient (Wildman–Crippen LogP) is 5.48. The highest BCUT2D eigenvalue weighted by molar-refractivity contribution is 9.09. The molecule has 8 bridgehead atoms. The van der Waals surface area contributed by atoms with E-state index < -0.39 is 5.09 Å². The fourth-order valence-electron chi connectivity index (χ4n) is 2.76. The second-order valence-corrected chi connectivity index (χ2v) is 7.00. The van der Waals surface area contributed by atoms with Crippen molar-refractivity contribution in [3.8, 4) is 0 Å². The van der Waals surface area contributed by atoms with Crippen LogP contribution >= 0.6 is 15.9 Å². The van der Waals surface area contributed by atoms with E-state index in [0.29, 0.717) is 11.7 Å². The molecule has 0 aromatic carbocycles. The van der Waals surface area contributed by atoms with Crippen LogP contribution in [-0.2, 0) is 0 Å². The molecular formula is C21H12BrF3N4. The first kappa shape index (κ1) is 17.9. The number of allylic oxidation sites excluding steroid dienone is 12. The zero-order chi connectivity index (χ0) is 21.3. The molecule has 0 saturated heterocycles. The molecule has 5 aliphatic rings. The summed E-state index contributed by atoms with van der Waals surface area (Å²) < 4.78 is 38.9. The first-order chi connectivity index (χ1) is 14.2. The Morgan fingerprint density at radius 3 is 1.31 bits per heavy atom. The second-order valence-electron chi connectivity index (χ2n) is 6.10. The number of hydrogen-bond acceptors (Lipinski definition) is 4.